The van der Waals surface area contributed by atoms with Crippen LogP contribution in [-0.4, -0.2) is 40.7 Å². The van der Waals surface area contributed by atoms with Gasteiger partial charge >= 0.3 is 0 Å². The quantitative estimate of drug-likeness (QED) is 0.524. The molecule has 2 saturated carbocycles. The van der Waals surface area contributed by atoms with Crippen LogP contribution in [0.1, 0.15) is 56.9 Å². The van der Waals surface area contributed by atoms with E-state index in [1.165, 1.54) is 49.8 Å². The second-order valence-corrected chi connectivity index (χ2v) is 10.5. The molecule has 184 valence electrons. The topological polar surface area (TPSA) is 70.6 Å². The molecule has 3 atom stereocenters. The maximum absolute atomic E-state index is 13.7. The van der Waals surface area contributed by atoms with Crippen LogP contribution in [0.15, 0.2) is 54.9 Å². The maximum Gasteiger partial charge on any atom is 0.250 e. The lowest BCUT2D eigenvalue weighted by molar-refractivity contribution is -0.171. The van der Waals surface area contributed by atoms with Gasteiger partial charge in [-0.05, 0) is 66.8 Å². The van der Waals surface area contributed by atoms with Gasteiger partial charge in [0, 0.05) is 31.5 Å². The van der Waals surface area contributed by atoms with Crippen LogP contribution in [0, 0.1) is 23.7 Å². The Kier molecular flexibility index (Phi) is 6.98. The Morgan fingerprint density at radius 3 is 2.29 bits per heavy atom. The van der Waals surface area contributed by atoms with Crippen LogP contribution in [0.2, 0.25) is 0 Å². The summed E-state index contributed by atoms with van der Waals surface area (Å²) in [7, 11) is 1.72. The summed E-state index contributed by atoms with van der Waals surface area (Å²) in [5, 5.41) is 0. The molecule has 3 fully saturated rings. The number of likely N-dealkylation sites (tertiary alicyclic amines) is 1. The molecule has 6 nitrogen and oxygen atoms in total. The Hall–Kier alpha value is -3.02. The number of imide groups is 1. The van der Waals surface area contributed by atoms with Crippen LogP contribution in [0.5, 0.6) is 0 Å². The minimum Gasteiger partial charge on any atom is -0.314 e. The molecule has 0 radical (unpaired) electrons. The lowest BCUT2D eigenvalue weighted by atomic mass is 9.75. The van der Waals surface area contributed by atoms with Crippen LogP contribution in [-0.2, 0) is 20.8 Å². The third-order valence-electron chi connectivity index (χ3n) is 8.31. The van der Waals surface area contributed by atoms with E-state index in [9.17, 15) is 14.4 Å². The van der Waals surface area contributed by atoms with Crippen molar-refractivity contribution in [1.82, 2.24) is 9.88 Å². The van der Waals surface area contributed by atoms with Crippen molar-refractivity contribution in [3.05, 3.63) is 60.4 Å². The van der Waals surface area contributed by atoms with Crippen molar-refractivity contribution in [3.8, 4) is 0 Å². The zero-order chi connectivity index (χ0) is 24.4. The minimum absolute atomic E-state index is 0.164. The van der Waals surface area contributed by atoms with Gasteiger partial charge in [0.1, 0.15) is 6.04 Å². The molecule has 0 N–H and O–H groups in total. The molecule has 2 aromatic rings. The molecule has 1 aliphatic heterocycles. The van der Waals surface area contributed by atoms with E-state index in [2.05, 4.69) is 4.98 Å². The van der Waals surface area contributed by atoms with Gasteiger partial charge in [-0.1, -0.05) is 50.3 Å². The van der Waals surface area contributed by atoms with E-state index in [1.54, 1.807) is 24.3 Å². The lowest BCUT2D eigenvalue weighted by Crippen LogP contribution is -2.69. The van der Waals surface area contributed by atoms with E-state index >= 15 is 0 Å². The first-order valence-electron chi connectivity index (χ1n) is 13.1. The molecule has 2 aliphatic carbocycles. The van der Waals surface area contributed by atoms with Crippen LogP contribution in [0.25, 0.3) is 0 Å². The molecule has 0 bridgehead atoms. The number of likely N-dealkylation sites (N-methyl/N-ethyl adjacent to an activating group) is 1. The van der Waals surface area contributed by atoms with Gasteiger partial charge in [-0.25, -0.2) is 0 Å². The summed E-state index contributed by atoms with van der Waals surface area (Å²) in [5.74, 6) is 0.404. The molecule has 2 heterocycles. The number of carbonyl (C=O) groups is 3. The molecule has 1 aromatic carbocycles. The summed E-state index contributed by atoms with van der Waals surface area (Å²) in [6, 6.07) is 12.4. The van der Waals surface area contributed by atoms with E-state index in [1.807, 2.05) is 42.5 Å². The number of pyridine rings is 1. The smallest absolute Gasteiger partial charge is 0.250 e. The standard InChI is InChI=1S/C29H35N3O3/c1-31(23-10-6-3-7-11-23)29(35)27-25(18-20-14-16-30-17-15-20)28(34)32(27)26(33)19-24(22-12-13-22)21-8-4-2-5-9-21/h3,6-7,10-11,14-17,21-22,24-25,27H,2,4-5,8-9,12-13,18-19H2,1H3/t24-,25+,27-/m0/s1. The highest BCUT2D eigenvalue weighted by molar-refractivity contribution is 6.12. The van der Waals surface area contributed by atoms with Crippen LogP contribution in [0.4, 0.5) is 5.69 Å². The summed E-state index contributed by atoms with van der Waals surface area (Å²) in [5.41, 5.74) is 1.70. The number of rotatable bonds is 8. The van der Waals surface area contributed by atoms with E-state index in [0.717, 1.165) is 11.3 Å². The highest BCUT2D eigenvalue weighted by atomic mass is 16.2. The number of hydrogen-bond donors (Lipinski definition) is 0. The van der Waals surface area contributed by atoms with Gasteiger partial charge in [-0.15, -0.1) is 0 Å². The van der Waals surface area contributed by atoms with Crippen molar-refractivity contribution in [2.45, 2.75) is 63.8 Å². The Morgan fingerprint density at radius 1 is 0.971 bits per heavy atom. The first-order valence-corrected chi connectivity index (χ1v) is 13.1. The van der Waals surface area contributed by atoms with Gasteiger partial charge in [0.05, 0.1) is 5.92 Å². The second-order valence-electron chi connectivity index (χ2n) is 10.5. The third kappa shape index (κ3) is 5.02. The number of carbonyl (C=O) groups excluding carboxylic acids is 3. The molecular formula is C29H35N3O3. The molecular weight excluding hydrogens is 438 g/mol. The molecule has 6 heteroatoms. The molecule has 5 rings (SSSR count). The summed E-state index contributed by atoms with van der Waals surface area (Å²) in [6.07, 6.45) is 12.7. The van der Waals surface area contributed by atoms with Crippen molar-refractivity contribution >= 4 is 23.4 Å². The second kappa shape index (κ2) is 10.3. The number of nitrogens with zero attached hydrogens (tertiary/aromatic N) is 3. The number of aromatic nitrogens is 1. The van der Waals surface area contributed by atoms with Gasteiger partial charge < -0.3 is 4.90 Å². The summed E-state index contributed by atoms with van der Waals surface area (Å²) < 4.78 is 0. The first kappa shape index (κ1) is 23.7. The normalized spacial score (nSPS) is 23.5. The molecule has 1 aromatic heterocycles. The van der Waals surface area contributed by atoms with E-state index in [-0.39, 0.29) is 17.7 Å². The van der Waals surface area contributed by atoms with Crippen molar-refractivity contribution in [2.75, 3.05) is 11.9 Å². The highest BCUT2D eigenvalue weighted by Gasteiger charge is 2.55. The third-order valence-corrected chi connectivity index (χ3v) is 8.31. The van der Waals surface area contributed by atoms with Crippen molar-refractivity contribution in [2.24, 2.45) is 23.7 Å². The Labute approximate surface area is 207 Å². The molecule has 35 heavy (non-hydrogen) atoms. The highest BCUT2D eigenvalue weighted by Crippen LogP contribution is 2.47. The van der Waals surface area contributed by atoms with Gasteiger partial charge in [0.15, 0.2) is 0 Å². The predicted molar refractivity (Wildman–Crippen MR) is 134 cm³/mol. The van der Waals surface area contributed by atoms with Gasteiger partial charge in [0.2, 0.25) is 11.8 Å². The van der Waals surface area contributed by atoms with Crippen LogP contribution in [0.3, 0.4) is 0 Å². The largest absolute Gasteiger partial charge is 0.314 e. The fraction of sp³-hybridized carbons (Fsp3) is 0.517. The Balaban J connectivity index is 1.36. The van der Waals surface area contributed by atoms with E-state index in [0.29, 0.717) is 30.6 Å². The zero-order valence-corrected chi connectivity index (χ0v) is 20.5. The van der Waals surface area contributed by atoms with Gasteiger partial charge in [-0.3, -0.25) is 24.3 Å². The SMILES string of the molecule is CN(C(=O)[C@@H]1[C@@H](Cc2ccncc2)C(=O)N1C(=O)C[C@@H](C1CCCCC1)C1CC1)c1ccccc1. The van der Waals surface area contributed by atoms with Crippen molar-refractivity contribution in [3.63, 3.8) is 0 Å². The molecule has 1 saturated heterocycles. The number of benzene rings is 1. The lowest BCUT2D eigenvalue weighted by Gasteiger charge is -2.46. The zero-order valence-electron chi connectivity index (χ0n) is 20.5. The first-order chi connectivity index (χ1) is 17.0. The van der Waals surface area contributed by atoms with Crippen LogP contribution >= 0.6 is 0 Å². The van der Waals surface area contributed by atoms with Crippen LogP contribution < -0.4 is 4.90 Å². The van der Waals surface area contributed by atoms with Crippen molar-refractivity contribution in [1.29, 1.82) is 0 Å². The van der Waals surface area contributed by atoms with Gasteiger partial charge in [0.25, 0.3) is 5.91 Å². The minimum atomic E-state index is -0.764. The average molecular weight is 474 g/mol. The number of anilines is 1. The number of β-lactam (4-membered cyclic amide) rings is 1. The summed E-state index contributed by atoms with van der Waals surface area (Å²) >= 11 is 0. The number of hydrogen-bond acceptors (Lipinski definition) is 4. The Morgan fingerprint density at radius 2 is 1.63 bits per heavy atom. The van der Waals surface area contributed by atoms with E-state index < -0.39 is 12.0 Å². The fourth-order valence-corrected chi connectivity index (χ4v) is 6.16. The number of para-hydroxylation sites is 1. The Bertz CT molecular complexity index is 1050. The van der Waals surface area contributed by atoms with E-state index in [4.69, 9.17) is 0 Å². The summed E-state index contributed by atoms with van der Waals surface area (Å²) in [6.45, 7) is 0. The fourth-order valence-electron chi connectivity index (χ4n) is 6.16. The maximum atomic E-state index is 13.7. The number of amides is 3. The monoisotopic (exact) mass is 473 g/mol. The molecule has 0 unspecified atom stereocenters. The van der Waals surface area contributed by atoms with Gasteiger partial charge in [-0.2, -0.15) is 0 Å². The molecule has 0 spiro atoms. The average Bonchev–Trinajstić information content (AvgIpc) is 3.75. The molecule has 3 amide bonds. The molecule has 3 aliphatic rings. The summed E-state index contributed by atoms with van der Waals surface area (Å²) in [4.78, 5) is 47.6. The predicted octanol–water partition coefficient (Wildman–Crippen LogP) is 4.64. The van der Waals surface area contributed by atoms with Crippen molar-refractivity contribution < 1.29 is 14.4 Å².